The third-order valence-electron chi connectivity index (χ3n) is 4.48. The lowest BCUT2D eigenvalue weighted by molar-refractivity contribution is 0.414. The van der Waals surface area contributed by atoms with E-state index < -0.39 is 0 Å². The van der Waals surface area contributed by atoms with Crippen LogP contribution in [0.5, 0.6) is 0 Å². The van der Waals surface area contributed by atoms with Gasteiger partial charge in [-0.1, -0.05) is 30.3 Å². The zero-order chi connectivity index (χ0) is 13.9. The van der Waals surface area contributed by atoms with Crippen molar-refractivity contribution >= 4 is 0 Å². The van der Waals surface area contributed by atoms with Crippen molar-refractivity contribution in [3.8, 4) is 0 Å². The van der Waals surface area contributed by atoms with Crippen LogP contribution >= 0.6 is 0 Å². The molecule has 1 aromatic heterocycles. The molecule has 1 N–H and O–H groups in total. The maximum atomic E-state index is 4.68. The van der Waals surface area contributed by atoms with Gasteiger partial charge in [0.15, 0.2) is 0 Å². The molecule has 2 atom stereocenters. The quantitative estimate of drug-likeness (QED) is 0.914. The molecule has 2 unspecified atom stereocenters. The Morgan fingerprint density at radius 3 is 2.85 bits per heavy atom. The van der Waals surface area contributed by atoms with Gasteiger partial charge in [-0.2, -0.15) is 0 Å². The molecule has 1 aromatic carbocycles. The van der Waals surface area contributed by atoms with E-state index in [0.717, 1.165) is 0 Å². The van der Waals surface area contributed by atoms with Gasteiger partial charge in [-0.25, -0.2) is 0 Å². The predicted octanol–water partition coefficient (Wildman–Crippen LogP) is 3.77. The normalized spacial score (nSPS) is 19.4. The Balaban J connectivity index is 2.01. The number of fused-ring (bicyclic) bond motifs is 1. The molecule has 0 saturated heterocycles. The van der Waals surface area contributed by atoms with Gasteiger partial charge in [-0.15, -0.1) is 0 Å². The molecule has 104 valence electrons. The monoisotopic (exact) mass is 266 g/mol. The minimum absolute atomic E-state index is 0.352. The highest BCUT2D eigenvalue weighted by atomic mass is 14.9. The molecule has 0 saturated carbocycles. The lowest BCUT2D eigenvalue weighted by Gasteiger charge is -2.32. The maximum Gasteiger partial charge on any atom is 0.0485 e. The standard InChI is InChI=1S/C18H22N2/c1-13-7-3-4-10-15(13)18(19-2)16-11-5-8-14-9-6-12-20-17(14)16/h3-4,6-7,9-10,12,16,18-19H,5,8,11H2,1-2H3. The minimum atomic E-state index is 0.352. The summed E-state index contributed by atoms with van der Waals surface area (Å²) in [6.45, 7) is 2.20. The SMILES string of the molecule is CNC(c1ccccc1C)C1CCCc2cccnc21. The maximum absolute atomic E-state index is 4.68. The summed E-state index contributed by atoms with van der Waals surface area (Å²) < 4.78 is 0. The van der Waals surface area contributed by atoms with E-state index in [9.17, 15) is 0 Å². The highest BCUT2D eigenvalue weighted by Gasteiger charge is 2.29. The van der Waals surface area contributed by atoms with Crippen molar-refractivity contribution in [2.45, 2.75) is 38.1 Å². The van der Waals surface area contributed by atoms with Crippen LogP contribution in [-0.4, -0.2) is 12.0 Å². The van der Waals surface area contributed by atoms with E-state index in [1.54, 1.807) is 0 Å². The first-order chi connectivity index (χ1) is 9.81. The molecule has 20 heavy (non-hydrogen) atoms. The second-order valence-electron chi connectivity index (χ2n) is 5.67. The highest BCUT2D eigenvalue weighted by molar-refractivity contribution is 5.35. The molecule has 0 amide bonds. The van der Waals surface area contributed by atoms with Crippen LogP contribution in [0.25, 0.3) is 0 Å². The molecular weight excluding hydrogens is 244 g/mol. The fraction of sp³-hybridized carbons (Fsp3) is 0.389. The number of nitrogens with zero attached hydrogens (tertiary/aromatic N) is 1. The van der Waals surface area contributed by atoms with Crippen molar-refractivity contribution in [2.24, 2.45) is 0 Å². The highest BCUT2D eigenvalue weighted by Crippen LogP contribution is 2.39. The summed E-state index contributed by atoms with van der Waals surface area (Å²) in [7, 11) is 2.06. The molecule has 2 heteroatoms. The molecule has 2 nitrogen and oxygen atoms in total. The van der Waals surface area contributed by atoms with E-state index in [1.165, 1.54) is 41.6 Å². The second-order valence-corrected chi connectivity index (χ2v) is 5.67. The van der Waals surface area contributed by atoms with Gasteiger partial charge < -0.3 is 5.32 Å². The molecule has 1 aliphatic rings. The molecule has 2 aromatic rings. The summed E-state index contributed by atoms with van der Waals surface area (Å²) >= 11 is 0. The van der Waals surface area contributed by atoms with Crippen LogP contribution in [0.15, 0.2) is 42.6 Å². The van der Waals surface area contributed by atoms with Gasteiger partial charge in [0.05, 0.1) is 0 Å². The van der Waals surface area contributed by atoms with Crippen LogP contribution in [0.4, 0.5) is 0 Å². The Bertz CT molecular complexity index is 591. The van der Waals surface area contributed by atoms with Gasteiger partial charge in [0.1, 0.15) is 0 Å². The molecule has 0 fully saturated rings. The Labute approximate surface area is 121 Å². The summed E-state index contributed by atoms with van der Waals surface area (Å²) in [5.41, 5.74) is 5.48. The van der Waals surface area contributed by atoms with Crippen molar-refractivity contribution in [1.29, 1.82) is 0 Å². The van der Waals surface area contributed by atoms with E-state index in [2.05, 4.69) is 60.7 Å². The molecule has 0 aliphatic heterocycles. The Hall–Kier alpha value is -1.67. The largest absolute Gasteiger partial charge is 0.312 e. The van der Waals surface area contributed by atoms with Crippen LogP contribution < -0.4 is 5.32 Å². The van der Waals surface area contributed by atoms with Crippen molar-refractivity contribution in [2.75, 3.05) is 7.05 Å². The summed E-state index contributed by atoms with van der Waals surface area (Å²) in [5, 5.41) is 3.53. The first-order valence-electron chi connectivity index (χ1n) is 7.48. The molecule has 0 bridgehead atoms. The first-order valence-corrected chi connectivity index (χ1v) is 7.48. The minimum Gasteiger partial charge on any atom is -0.312 e. The van der Waals surface area contributed by atoms with E-state index in [-0.39, 0.29) is 0 Å². The van der Waals surface area contributed by atoms with Gasteiger partial charge in [0, 0.05) is 23.9 Å². The first kappa shape index (κ1) is 13.3. The van der Waals surface area contributed by atoms with E-state index in [1.807, 2.05) is 6.20 Å². The van der Waals surface area contributed by atoms with Crippen LogP contribution in [0.3, 0.4) is 0 Å². The Morgan fingerprint density at radius 2 is 2.05 bits per heavy atom. The number of aromatic nitrogens is 1. The average Bonchev–Trinajstić information content (AvgIpc) is 2.50. The molecule has 1 aliphatic carbocycles. The number of pyridine rings is 1. The van der Waals surface area contributed by atoms with Crippen LogP contribution in [0.2, 0.25) is 0 Å². The van der Waals surface area contributed by atoms with Crippen molar-refractivity contribution in [1.82, 2.24) is 10.3 Å². The van der Waals surface area contributed by atoms with Gasteiger partial charge >= 0.3 is 0 Å². The smallest absolute Gasteiger partial charge is 0.0485 e. The van der Waals surface area contributed by atoms with Crippen LogP contribution in [0.1, 0.15) is 47.2 Å². The molecule has 1 heterocycles. The number of nitrogens with one attached hydrogen (secondary N) is 1. The zero-order valence-corrected chi connectivity index (χ0v) is 12.3. The van der Waals surface area contributed by atoms with Gasteiger partial charge in [-0.05, 0) is 56.0 Å². The van der Waals surface area contributed by atoms with Crippen molar-refractivity contribution < 1.29 is 0 Å². The Kier molecular flexibility index (Phi) is 3.83. The van der Waals surface area contributed by atoms with Gasteiger partial charge in [0.25, 0.3) is 0 Å². The summed E-state index contributed by atoms with van der Waals surface area (Å²) in [4.78, 5) is 4.68. The predicted molar refractivity (Wildman–Crippen MR) is 82.9 cm³/mol. The molecule has 0 spiro atoms. The molecule has 0 radical (unpaired) electrons. The third kappa shape index (κ3) is 2.36. The average molecular weight is 266 g/mol. The lowest BCUT2D eigenvalue weighted by Crippen LogP contribution is -2.28. The number of rotatable bonds is 3. The topological polar surface area (TPSA) is 24.9 Å². The lowest BCUT2D eigenvalue weighted by atomic mass is 9.79. The third-order valence-corrected chi connectivity index (χ3v) is 4.48. The number of aryl methyl sites for hydroxylation is 2. The van der Waals surface area contributed by atoms with Crippen molar-refractivity contribution in [3.05, 3.63) is 65.0 Å². The number of likely N-dealkylation sites (N-methyl/N-ethyl adjacent to an activating group) is 1. The van der Waals surface area contributed by atoms with Crippen LogP contribution in [0, 0.1) is 6.92 Å². The number of benzene rings is 1. The Morgan fingerprint density at radius 1 is 1.20 bits per heavy atom. The number of hydrogen-bond donors (Lipinski definition) is 1. The molecular formula is C18H22N2. The van der Waals surface area contributed by atoms with E-state index >= 15 is 0 Å². The summed E-state index contributed by atoms with van der Waals surface area (Å²) in [6, 6.07) is 13.3. The van der Waals surface area contributed by atoms with Crippen LogP contribution in [-0.2, 0) is 6.42 Å². The summed E-state index contributed by atoms with van der Waals surface area (Å²) in [6.07, 6.45) is 5.57. The van der Waals surface area contributed by atoms with E-state index in [4.69, 9.17) is 0 Å². The van der Waals surface area contributed by atoms with Gasteiger partial charge in [-0.3, -0.25) is 4.98 Å². The number of hydrogen-bond acceptors (Lipinski definition) is 2. The second kappa shape index (κ2) is 5.76. The van der Waals surface area contributed by atoms with Gasteiger partial charge in [0.2, 0.25) is 0 Å². The zero-order valence-electron chi connectivity index (χ0n) is 12.3. The van der Waals surface area contributed by atoms with E-state index in [0.29, 0.717) is 12.0 Å². The summed E-state index contributed by atoms with van der Waals surface area (Å²) in [5.74, 6) is 0.478. The van der Waals surface area contributed by atoms with Crippen molar-refractivity contribution in [3.63, 3.8) is 0 Å². The molecule has 3 rings (SSSR count). The fourth-order valence-electron chi connectivity index (χ4n) is 3.48. The fourth-order valence-corrected chi connectivity index (χ4v) is 3.48.